The van der Waals surface area contributed by atoms with Crippen LogP contribution in [0.4, 0.5) is 0 Å². The van der Waals surface area contributed by atoms with Gasteiger partial charge in [-0.3, -0.25) is 9.59 Å². The number of nitrogens with one attached hydrogen (secondary N) is 1. The van der Waals surface area contributed by atoms with E-state index in [-0.39, 0.29) is 0 Å². The van der Waals surface area contributed by atoms with E-state index in [1.165, 1.54) is 4.57 Å². The highest BCUT2D eigenvalue weighted by Gasteiger charge is 2.06. The lowest BCUT2D eigenvalue weighted by Crippen LogP contribution is -2.34. The van der Waals surface area contributed by atoms with E-state index < -0.39 is 11.1 Å². The molecule has 1 aromatic carbocycles. The van der Waals surface area contributed by atoms with Gasteiger partial charge in [0.2, 0.25) is 0 Å². The third-order valence-electron chi connectivity index (χ3n) is 2.15. The molecule has 0 aliphatic rings. The van der Waals surface area contributed by atoms with Crippen molar-refractivity contribution in [3.63, 3.8) is 0 Å². The van der Waals surface area contributed by atoms with Gasteiger partial charge in [0.1, 0.15) is 0 Å². The van der Waals surface area contributed by atoms with Gasteiger partial charge < -0.3 is 9.55 Å². The molecule has 1 heterocycles. The second-order valence-corrected chi connectivity index (χ2v) is 4.36. The molecule has 0 bridgehead atoms. The minimum absolute atomic E-state index is 0.483. The molecule has 6 heteroatoms. The van der Waals surface area contributed by atoms with Crippen molar-refractivity contribution >= 4 is 38.6 Å². The summed E-state index contributed by atoms with van der Waals surface area (Å²) in [5, 5.41) is 0.483. The van der Waals surface area contributed by atoms with Crippen molar-refractivity contribution in [1.82, 2.24) is 9.55 Å². The summed E-state index contributed by atoms with van der Waals surface area (Å²) in [5.41, 5.74) is -0.0775. The fourth-order valence-electron chi connectivity index (χ4n) is 1.35. The Labute approximate surface area is 97.6 Å². The Hall–Kier alpha value is -1.07. The number of aryl methyl sites for hydroxylation is 1. The summed E-state index contributed by atoms with van der Waals surface area (Å²) in [6.07, 6.45) is 0. The van der Waals surface area contributed by atoms with Crippen LogP contribution in [0, 0.1) is 0 Å². The molecule has 2 aromatic rings. The number of benzene rings is 1. The molecule has 0 aliphatic heterocycles. The summed E-state index contributed by atoms with van der Waals surface area (Å²) in [7, 11) is 1.54. The van der Waals surface area contributed by atoms with Crippen molar-refractivity contribution in [2.45, 2.75) is 0 Å². The summed E-state index contributed by atoms with van der Waals surface area (Å²) < 4.78 is 1.97. The van der Waals surface area contributed by atoms with Crippen LogP contribution in [0.1, 0.15) is 0 Å². The number of halogens is 2. The van der Waals surface area contributed by atoms with Gasteiger partial charge in [-0.25, -0.2) is 0 Å². The van der Waals surface area contributed by atoms with Crippen LogP contribution in [0.2, 0.25) is 5.02 Å². The molecule has 0 saturated heterocycles. The van der Waals surface area contributed by atoms with Crippen LogP contribution in [-0.4, -0.2) is 9.55 Å². The molecule has 15 heavy (non-hydrogen) atoms. The van der Waals surface area contributed by atoms with Crippen molar-refractivity contribution in [2.75, 3.05) is 0 Å². The molecule has 0 atom stereocenters. The first kappa shape index (κ1) is 10.4. The summed E-state index contributed by atoms with van der Waals surface area (Å²) in [5.74, 6) is 0. The van der Waals surface area contributed by atoms with E-state index in [2.05, 4.69) is 20.9 Å². The van der Waals surface area contributed by atoms with E-state index in [1.807, 2.05) is 0 Å². The molecule has 4 nitrogen and oxygen atoms in total. The third-order valence-corrected chi connectivity index (χ3v) is 3.34. The van der Waals surface area contributed by atoms with Gasteiger partial charge >= 0.3 is 11.1 Å². The van der Waals surface area contributed by atoms with Gasteiger partial charge in [0.05, 0.1) is 16.1 Å². The predicted octanol–water partition coefficient (Wildman–Crippen LogP) is 1.64. The number of H-pyrrole nitrogens is 1. The van der Waals surface area contributed by atoms with Crippen LogP contribution < -0.4 is 11.1 Å². The van der Waals surface area contributed by atoms with Crippen LogP contribution in [0.5, 0.6) is 0 Å². The summed E-state index contributed by atoms with van der Waals surface area (Å²) in [6.45, 7) is 0. The molecule has 0 saturated carbocycles. The largest absolute Gasteiger partial charge is 0.316 e. The van der Waals surface area contributed by atoms with Gasteiger partial charge in [0, 0.05) is 11.5 Å². The molecule has 2 rings (SSSR count). The number of hydrogen-bond acceptors (Lipinski definition) is 2. The SMILES string of the molecule is Cn1c(=O)c(=O)[nH]c2cc(Cl)c(Br)cc21. The van der Waals surface area contributed by atoms with Crippen molar-refractivity contribution in [3.8, 4) is 0 Å². The van der Waals surface area contributed by atoms with E-state index in [9.17, 15) is 9.59 Å². The maximum atomic E-state index is 11.3. The summed E-state index contributed by atoms with van der Waals surface area (Å²) in [4.78, 5) is 25.0. The van der Waals surface area contributed by atoms with Gasteiger partial charge in [-0.1, -0.05) is 11.6 Å². The number of fused-ring (bicyclic) bond motifs is 1. The van der Waals surface area contributed by atoms with Gasteiger partial charge in [-0.05, 0) is 28.1 Å². The van der Waals surface area contributed by atoms with E-state index >= 15 is 0 Å². The molecule has 1 aromatic heterocycles. The van der Waals surface area contributed by atoms with Crippen LogP contribution in [0.3, 0.4) is 0 Å². The lowest BCUT2D eigenvalue weighted by Gasteiger charge is -2.05. The first-order valence-corrected chi connectivity index (χ1v) is 5.26. The van der Waals surface area contributed by atoms with Crippen molar-refractivity contribution in [2.24, 2.45) is 7.05 Å². The molecule has 0 fully saturated rings. The average molecular weight is 290 g/mol. The quantitative estimate of drug-likeness (QED) is 0.750. The molecule has 0 unspecified atom stereocenters. The number of aromatic nitrogens is 2. The Morgan fingerprint density at radius 1 is 1.40 bits per heavy atom. The Morgan fingerprint density at radius 3 is 2.73 bits per heavy atom. The molecule has 78 valence electrons. The highest BCUT2D eigenvalue weighted by atomic mass is 79.9. The van der Waals surface area contributed by atoms with E-state index in [0.29, 0.717) is 20.5 Å². The van der Waals surface area contributed by atoms with Crippen molar-refractivity contribution in [1.29, 1.82) is 0 Å². The minimum atomic E-state index is -0.650. The fraction of sp³-hybridized carbons (Fsp3) is 0.111. The Kier molecular flexibility index (Phi) is 2.44. The molecular weight excluding hydrogens is 283 g/mol. The molecule has 0 spiro atoms. The number of hydrogen-bond donors (Lipinski definition) is 1. The zero-order valence-corrected chi connectivity index (χ0v) is 10.0. The predicted molar refractivity (Wildman–Crippen MR) is 62.5 cm³/mol. The monoisotopic (exact) mass is 288 g/mol. The zero-order valence-electron chi connectivity index (χ0n) is 7.67. The first-order valence-electron chi connectivity index (χ1n) is 4.09. The number of nitrogens with zero attached hydrogens (tertiary/aromatic N) is 1. The highest BCUT2D eigenvalue weighted by Crippen LogP contribution is 2.25. The maximum Gasteiger partial charge on any atom is 0.316 e. The molecule has 1 N–H and O–H groups in total. The highest BCUT2D eigenvalue weighted by molar-refractivity contribution is 9.10. The van der Waals surface area contributed by atoms with E-state index in [1.54, 1.807) is 19.2 Å². The average Bonchev–Trinajstić information content (AvgIpc) is 2.19. The Balaban J connectivity index is 3.06. The van der Waals surface area contributed by atoms with Crippen LogP contribution in [-0.2, 0) is 7.05 Å². The molecule has 0 aliphatic carbocycles. The minimum Gasteiger partial charge on any atom is -0.316 e. The van der Waals surface area contributed by atoms with Gasteiger partial charge in [-0.2, -0.15) is 0 Å². The van der Waals surface area contributed by atoms with Gasteiger partial charge in [-0.15, -0.1) is 0 Å². The standard InChI is InChI=1S/C9H6BrClN2O2/c1-13-7-2-4(10)5(11)3-6(7)12-8(14)9(13)15/h2-3H,1H3,(H,12,14). The lowest BCUT2D eigenvalue weighted by atomic mass is 10.3. The summed E-state index contributed by atoms with van der Waals surface area (Å²) in [6, 6.07) is 3.29. The molecule has 0 amide bonds. The zero-order chi connectivity index (χ0) is 11.2. The van der Waals surface area contributed by atoms with Gasteiger partial charge in [0.25, 0.3) is 0 Å². The summed E-state index contributed by atoms with van der Waals surface area (Å²) >= 11 is 9.13. The maximum absolute atomic E-state index is 11.3. The van der Waals surface area contributed by atoms with Gasteiger partial charge in [0.15, 0.2) is 0 Å². The second-order valence-electron chi connectivity index (χ2n) is 3.10. The second kappa shape index (κ2) is 3.50. The van der Waals surface area contributed by atoms with Crippen molar-refractivity contribution < 1.29 is 0 Å². The van der Waals surface area contributed by atoms with E-state index in [0.717, 1.165) is 0 Å². The number of aromatic amines is 1. The number of rotatable bonds is 0. The van der Waals surface area contributed by atoms with Crippen LogP contribution in [0.25, 0.3) is 11.0 Å². The smallest absolute Gasteiger partial charge is 0.316 e. The van der Waals surface area contributed by atoms with E-state index in [4.69, 9.17) is 11.6 Å². The first-order chi connectivity index (χ1) is 7.00. The Bertz CT molecular complexity index is 659. The normalized spacial score (nSPS) is 10.9. The van der Waals surface area contributed by atoms with Crippen molar-refractivity contribution in [3.05, 3.63) is 42.3 Å². The fourth-order valence-corrected chi connectivity index (χ4v) is 1.85. The van der Waals surface area contributed by atoms with Crippen LogP contribution in [0.15, 0.2) is 26.2 Å². The topological polar surface area (TPSA) is 54.9 Å². The molecular formula is C9H6BrClN2O2. The molecule has 0 radical (unpaired) electrons. The lowest BCUT2D eigenvalue weighted by molar-refractivity contribution is 0.873. The third kappa shape index (κ3) is 1.61. The van der Waals surface area contributed by atoms with Crippen LogP contribution >= 0.6 is 27.5 Å². The Morgan fingerprint density at radius 2 is 2.07 bits per heavy atom.